The van der Waals surface area contributed by atoms with Crippen LogP contribution in [0, 0.1) is 5.92 Å². The summed E-state index contributed by atoms with van der Waals surface area (Å²) in [6.45, 7) is 5.46. The first-order valence-corrected chi connectivity index (χ1v) is 8.28. The molecule has 0 saturated heterocycles. The number of alkyl halides is 2. The van der Waals surface area contributed by atoms with Crippen molar-refractivity contribution in [1.29, 1.82) is 0 Å². The second kappa shape index (κ2) is 8.16. The summed E-state index contributed by atoms with van der Waals surface area (Å²) in [5, 5.41) is 3.92. The molecule has 0 N–H and O–H groups in total. The molecule has 0 aromatic carbocycles. The van der Waals surface area contributed by atoms with E-state index in [9.17, 15) is 18.4 Å². The number of hydrogen-bond acceptors (Lipinski definition) is 5. The third-order valence-electron chi connectivity index (χ3n) is 3.87. The van der Waals surface area contributed by atoms with Gasteiger partial charge in [-0.3, -0.25) is 9.78 Å². The highest BCUT2D eigenvalue weighted by Gasteiger charge is 2.32. The van der Waals surface area contributed by atoms with E-state index >= 15 is 0 Å². The Morgan fingerprint density at radius 2 is 1.96 bits per heavy atom. The highest BCUT2D eigenvalue weighted by atomic mass is 19.3. The van der Waals surface area contributed by atoms with Gasteiger partial charge in [-0.15, -0.1) is 0 Å². The lowest BCUT2D eigenvalue weighted by molar-refractivity contribution is 0.0585. The molecule has 0 amide bonds. The molecule has 26 heavy (non-hydrogen) atoms. The minimum Gasteiger partial charge on any atom is -0.465 e. The summed E-state index contributed by atoms with van der Waals surface area (Å²) < 4.78 is 33.0. The fourth-order valence-corrected chi connectivity index (χ4v) is 2.82. The zero-order valence-electron chi connectivity index (χ0n) is 15.1. The van der Waals surface area contributed by atoms with Crippen molar-refractivity contribution < 1.29 is 23.1 Å². The molecule has 2 aromatic rings. The van der Waals surface area contributed by atoms with Crippen LogP contribution in [0.2, 0.25) is 0 Å². The zero-order chi connectivity index (χ0) is 19.4. The van der Waals surface area contributed by atoms with Crippen LogP contribution in [0.5, 0.6) is 0 Å². The first-order chi connectivity index (χ1) is 12.3. The van der Waals surface area contributed by atoms with Crippen molar-refractivity contribution >= 4 is 11.9 Å². The molecule has 0 aliphatic rings. The van der Waals surface area contributed by atoms with Gasteiger partial charge in [-0.1, -0.05) is 20.8 Å². The van der Waals surface area contributed by atoms with Gasteiger partial charge in [-0.2, -0.15) is 5.10 Å². The van der Waals surface area contributed by atoms with E-state index < -0.39 is 24.0 Å². The number of hydrogen-bond donors (Lipinski definition) is 0. The Balaban J connectivity index is 2.87. The van der Waals surface area contributed by atoms with Gasteiger partial charge in [0.25, 0.3) is 12.3 Å². The van der Waals surface area contributed by atoms with E-state index in [0.717, 1.165) is 11.8 Å². The number of methoxy groups -OCH3 is 1. The number of aromatic nitrogens is 3. The molecule has 2 rings (SSSR count). The highest BCUT2D eigenvalue weighted by molar-refractivity contribution is 6.02. The zero-order valence-corrected chi connectivity index (χ0v) is 15.1. The molecule has 140 valence electrons. The Hall–Kier alpha value is -2.64. The summed E-state index contributed by atoms with van der Waals surface area (Å²) in [7, 11) is 1.11. The summed E-state index contributed by atoms with van der Waals surface area (Å²) in [4.78, 5) is 29.2. The molecule has 0 fully saturated rings. The maximum absolute atomic E-state index is 13.6. The van der Waals surface area contributed by atoms with Crippen LogP contribution < -0.4 is 0 Å². The number of pyridine rings is 1. The molecule has 8 heteroatoms. The number of aryl methyl sites for hydroxylation is 1. The fraction of sp³-hybridized carbons (Fsp3) is 0.444. The third-order valence-corrected chi connectivity index (χ3v) is 3.87. The Morgan fingerprint density at radius 3 is 2.42 bits per heavy atom. The highest BCUT2D eigenvalue weighted by Crippen LogP contribution is 2.31. The largest absolute Gasteiger partial charge is 0.465 e. The lowest BCUT2D eigenvalue weighted by Gasteiger charge is -2.20. The van der Waals surface area contributed by atoms with Crippen LogP contribution in [-0.2, 0) is 17.6 Å². The fourth-order valence-electron chi connectivity index (χ4n) is 2.82. The van der Waals surface area contributed by atoms with Crippen molar-refractivity contribution in [3.8, 4) is 0 Å². The predicted octanol–water partition coefficient (Wildman–Crippen LogP) is 3.45. The van der Waals surface area contributed by atoms with E-state index in [4.69, 9.17) is 4.74 Å². The van der Waals surface area contributed by atoms with Crippen molar-refractivity contribution in [2.45, 2.75) is 40.0 Å². The van der Waals surface area contributed by atoms with Crippen LogP contribution in [0.25, 0.3) is 0 Å². The van der Waals surface area contributed by atoms with Gasteiger partial charge in [-0.25, -0.2) is 18.3 Å². The summed E-state index contributed by atoms with van der Waals surface area (Å²) in [6, 6.07) is 1.58. The van der Waals surface area contributed by atoms with Crippen molar-refractivity contribution in [3.05, 3.63) is 46.5 Å². The van der Waals surface area contributed by atoms with Crippen molar-refractivity contribution in [1.82, 2.24) is 14.8 Å². The molecule has 6 nitrogen and oxygen atoms in total. The summed E-state index contributed by atoms with van der Waals surface area (Å²) in [6.07, 6.45) is 0.443. The Kier molecular flexibility index (Phi) is 6.18. The summed E-state index contributed by atoms with van der Waals surface area (Å²) >= 11 is 0. The minimum atomic E-state index is -2.96. The van der Waals surface area contributed by atoms with Crippen molar-refractivity contribution in [2.75, 3.05) is 7.11 Å². The predicted molar refractivity (Wildman–Crippen MR) is 90.4 cm³/mol. The van der Waals surface area contributed by atoms with Crippen molar-refractivity contribution in [3.63, 3.8) is 0 Å². The van der Waals surface area contributed by atoms with E-state index in [0.29, 0.717) is 0 Å². The quantitative estimate of drug-likeness (QED) is 0.733. The molecule has 2 heterocycles. The van der Waals surface area contributed by atoms with Crippen LogP contribution in [0.3, 0.4) is 0 Å². The van der Waals surface area contributed by atoms with Gasteiger partial charge >= 0.3 is 5.97 Å². The first-order valence-electron chi connectivity index (χ1n) is 8.28. The Morgan fingerprint density at radius 1 is 1.27 bits per heavy atom. The van der Waals surface area contributed by atoms with Gasteiger partial charge in [0.05, 0.1) is 23.9 Å². The van der Waals surface area contributed by atoms with E-state index in [1.165, 1.54) is 12.4 Å². The Bertz CT molecular complexity index is 803. The SMILES string of the molecule is CCc1nc(C(F)F)c(C(=O)OC)c(CC(C)C)c1C(=O)n1cccn1. The van der Waals surface area contributed by atoms with Gasteiger partial charge in [0.1, 0.15) is 5.69 Å². The number of halogens is 2. The van der Waals surface area contributed by atoms with E-state index in [1.807, 2.05) is 13.8 Å². The smallest absolute Gasteiger partial charge is 0.340 e. The van der Waals surface area contributed by atoms with Gasteiger partial charge in [0.2, 0.25) is 0 Å². The lowest BCUT2D eigenvalue weighted by atomic mass is 9.90. The average Bonchev–Trinajstić information content (AvgIpc) is 3.13. The molecular weight excluding hydrogens is 344 g/mol. The molecule has 0 aliphatic carbocycles. The van der Waals surface area contributed by atoms with Crippen LogP contribution in [0.15, 0.2) is 18.5 Å². The molecular formula is C18H21F2N3O3. The van der Waals surface area contributed by atoms with E-state index in [2.05, 4.69) is 10.1 Å². The first kappa shape index (κ1) is 19.7. The lowest BCUT2D eigenvalue weighted by Crippen LogP contribution is -2.24. The second-order valence-electron chi connectivity index (χ2n) is 6.17. The topological polar surface area (TPSA) is 74.1 Å². The molecule has 2 aromatic heterocycles. The van der Waals surface area contributed by atoms with Gasteiger partial charge in [0, 0.05) is 12.4 Å². The summed E-state index contributed by atoms with van der Waals surface area (Å²) in [5.41, 5.74) is -0.404. The van der Waals surface area contributed by atoms with Gasteiger partial charge < -0.3 is 4.74 Å². The monoisotopic (exact) mass is 365 g/mol. The molecule has 0 atom stereocenters. The maximum atomic E-state index is 13.6. The average molecular weight is 365 g/mol. The summed E-state index contributed by atoms with van der Waals surface area (Å²) in [5.74, 6) is -1.43. The van der Waals surface area contributed by atoms with Crippen LogP contribution in [0.4, 0.5) is 8.78 Å². The normalized spacial score (nSPS) is 11.2. The molecule has 0 unspecified atom stereocenters. The standard InChI is InChI=1S/C18H21F2N3O3/c1-5-12-13(17(24)23-8-6-7-21-23)11(9-10(2)3)14(18(25)26-4)15(22-12)16(19)20/h6-8,10,16H,5,9H2,1-4H3. The number of nitrogens with zero attached hydrogens (tertiary/aromatic N) is 3. The number of esters is 1. The molecule has 0 radical (unpaired) electrons. The van der Waals surface area contributed by atoms with Gasteiger partial charge in [0.15, 0.2) is 0 Å². The number of carbonyl (C=O) groups excluding carboxylic acids is 2. The number of ether oxygens (including phenoxy) is 1. The van der Waals surface area contributed by atoms with E-state index in [-0.39, 0.29) is 41.1 Å². The van der Waals surface area contributed by atoms with Crippen LogP contribution >= 0.6 is 0 Å². The molecule has 0 saturated carbocycles. The molecule has 0 bridgehead atoms. The molecule has 0 aliphatic heterocycles. The number of carbonyl (C=O) groups is 2. The number of rotatable bonds is 6. The maximum Gasteiger partial charge on any atom is 0.340 e. The van der Waals surface area contributed by atoms with Crippen LogP contribution in [-0.4, -0.2) is 33.8 Å². The Labute approximate surface area is 150 Å². The minimum absolute atomic E-state index is 0.0141. The van der Waals surface area contributed by atoms with E-state index in [1.54, 1.807) is 13.0 Å². The second-order valence-corrected chi connectivity index (χ2v) is 6.17. The van der Waals surface area contributed by atoms with Crippen molar-refractivity contribution in [2.24, 2.45) is 5.92 Å². The van der Waals surface area contributed by atoms with Crippen LogP contribution in [0.1, 0.15) is 64.9 Å². The third kappa shape index (κ3) is 3.79. The van der Waals surface area contributed by atoms with Gasteiger partial charge in [-0.05, 0) is 30.4 Å². The molecule has 0 spiro atoms.